The molecule has 2 aliphatic heterocycles. The number of nitrogens with zero attached hydrogens (tertiary/aromatic N) is 1. The highest BCUT2D eigenvalue weighted by Gasteiger charge is 2.38. The van der Waals surface area contributed by atoms with Crippen LogP contribution in [0.3, 0.4) is 0 Å². The van der Waals surface area contributed by atoms with Crippen LogP contribution in [0.2, 0.25) is 0 Å². The zero-order valence-corrected chi connectivity index (χ0v) is 16.9. The quantitative estimate of drug-likeness (QED) is 0.504. The van der Waals surface area contributed by atoms with Crippen molar-refractivity contribution in [2.24, 2.45) is 0 Å². The maximum Gasteiger partial charge on any atom is 0.325 e. The van der Waals surface area contributed by atoms with Crippen molar-refractivity contribution in [2.75, 3.05) is 13.3 Å². The molecule has 3 aliphatic rings. The van der Waals surface area contributed by atoms with E-state index in [1.54, 1.807) is 18.2 Å². The number of amides is 4. The summed E-state index contributed by atoms with van der Waals surface area (Å²) in [6.45, 7) is 0.939. The van der Waals surface area contributed by atoms with E-state index in [2.05, 4.69) is 16.7 Å². The molecule has 1 saturated heterocycles. The molecule has 8 nitrogen and oxygen atoms in total. The molecule has 0 radical (unpaired) electrons. The number of hydrogen-bond donors (Lipinski definition) is 2. The van der Waals surface area contributed by atoms with Crippen molar-refractivity contribution in [1.29, 1.82) is 0 Å². The molecular weight excluding hydrogens is 386 g/mol. The number of ether oxygens (including phenoxy) is 2. The summed E-state index contributed by atoms with van der Waals surface area (Å²) in [6.07, 6.45) is 8.39. The fourth-order valence-electron chi connectivity index (χ4n) is 4.00. The van der Waals surface area contributed by atoms with Gasteiger partial charge in [-0.15, -0.1) is 0 Å². The van der Waals surface area contributed by atoms with Crippen LogP contribution in [0.1, 0.15) is 50.5 Å². The van der Waals surface area contributed by atoms with Crippen LogP contribution >= 0.6 is 0 Å². The number of carbonyl (C=O) groups is 3. The molecule has 0 spiro atoms. The van der Waals surface area contributed by atoms with Gasteiger partial charge in [0, 0.05) is 13.0 Å². The van der Waals surface area contributed by atoms with E-state index < -0.39 is 12.1 Å². The number of imide groups is 1. The first-order valence-electron chi connectivity index (χ1n) is 10.5. The zero-order valence-electron chi connectivity index (χ0n) is 16.9. The Morgan fingerprint density at radius 3 is 2.90 bits per heavy atom. The Morgan fingerprint density at radius 1 is 1.20 bits per heavy atom. The van der Waals surface area contributed by atoms with Gasteiger partial charge < -0.3 is 20.1 Å². The number of allylic oxidation sites excluding steroid dienone is 1. The summed E-state index contributed by atoms with van der Waals surface area (Å²) >= 11 is 0. The Balaban J connectivity index is 1.22. The molecule has 4 rings (SSSR count). The first-order valence-corrected chi connectivity index (χ1v) is 10.5. The van der Waals surface area contributed by atoms with Gasteiger partial charge in [-0.25, -0.2) is 4.79 Å². The largest absolute Gasteiger partial charge is 0.454 e. The van der Waals surface area contributed by atoms with E-state index >= 15 is 0 Å². The van der Waals surface area contributed by atoms with Gasteiger partial charge >= 0.3 is 6.03 Å². The molecule has 30 heavy (non-hydrogen) atoms. The van der Waals surface area contributed by atoms with Crippen LogP contribution in [-0.4, -0.2) is 42.1 Å². The van der Waals surface area contributed by atoms with Gasteiger partial charge in [-0.3, -0.25) is 14.5 Å². The standard InChI is InChI=1S/C22H27N3O5/c26-20(23-11-10-15-4-2-1-3-5-15)9-7-17-21(27)25(22(28)24-17)13-16-6-8-18-19(12-16)30-14-29-18/h4,6,8,12,17H,1-3,5,7,9-11,13-14H2,(H,23,26)(H,24,28). The second-order valence-corrected chi connectivity index (χ2v) is 7.86. The summed E-state index contributed by atoms with van der Waals surface area (Å²) < 4.78 is 10.6. The zero-order chi connectivity index (χ0) is 20.9. The number of nitrogens with one attached hydrogen (secondary N) is 2. The molecule has 1 aromatic carbocycles. The number of urea groups is 1. The van der Waals surface area contributed by atoms with Gasteiger partial charge in [0.25, 0.3) is 5.91 Å². The van der Waals surface area contributed by atoms with Crippen molar-refractivity contribution in [3.63, 3.8) is 0 Å². The van der Waals surface area contributed by atoms with Crippen molar-refractivity contribution in [3.8, 4) is 11.5 Å². The first-order chi connectivity index (χ1) is 14.6. The molecule has 1 unspecified atom stereocenters. The molecule has 1 fully saturated rings. The lowest BCUT2D eigenvalue weighted by Gasteiger charge is -2.14. The molecule has 2 N–H and O–H groups in total. The van der Waals surface area contributed by atoms with Crippen LogP contribution in [0.25, 0.3) is 0 Å². The minimum absolute atomic E-state index is 0.0947. The third-order valence-corrected chi connectivity index (χ3v) is 5.70. The summed E-state index contributed by atoms with van der Waals surface area (Å²) in [7, 11) is 0. The van der Waals surface area contributed by atoms with Gasteiger partial charge in [-0.05, 0) is 56.2 Å². The van der Waals surface area contributed by atoms with Gasteiger partial charge in [-0.2, -0.15) is 0 Å². The summed E-state index contributed by atoms with van der Waals surface area (Å²) in [5, 5.41) is 5.59. The van der Waals surface area contributed by atoms with Gasteiger partial charge in [0.1, 0.15) is 6.04 Å². The van der Waals surface area contributed by atoms with E-state index in [1.807, 2.05) is 0 Å². The van der Waals surface area contributed by atoms with Crippen LogP contribution in [0.4, 0.5) is 4.79 Å². The highest BCUT2D eigenvalue weighted by molar-refractivity contribution is 6.04. The lowest BCUT2D eigenvalue weighted by Crippen LogP contribution is -2.32. The number of fused-ring (bicyclic) bond motifs is 1. The van der Waals surface area contributed by atoms with E-state index in [0.29, 0.717) is 18.0 Å². The monoisotopic (exact) mass is 413 g/mol. The van der Waals surface area contributed by atoms with Crippen molar-refractivity contribution in [2.45, 2.75) is 57.5 Å². The molecule has 0 bridgehead atoms. The van der Waals surface area contributed by atoms with Crippen molar-refractivity contribution in [1.82, 2.24) is 15.5 Å². The normalized spacial score (nSPS) is 20.2. The molecular formula is C22H27N3O5. The van der Waals surface area contributed by atoms with E-state index in [1.165, 1.54) is 23.3 Å². The van der Waals surface area contributed by atoms with Crippen molar-refractivity contribution < 1.29 is 23.9 Å². The highest BCUT2D eigenvalue weighted by atomic mass is 16.7. The topological polar surface area (TPSA) is 97.0 Å². The minimum Gasteiger partial charge on any atom is -0.454 e. The molecule has 0 aromatic heterocycles. The third kappa shape index (κ3) is 4.75. The molecule has 1 aliphatic carbocycles. The Labute approximate surface area is 175 Å². The number of hydrogen-bond acceptors (Lipinski definition) is 5. The van der Waals surface area contributed by atoms with Crippen LogP contribution in [0, 0.1) is 0 Å². The highest BCUT2D eigenvalue weighted by Crippen LogP contribution is 2.33. The molecule has 160 valence electrons. The minimum atomic E-state index is -0.668. The third-order valence-electron chi connectivity index (χ3n) is 5.70. The lowest BCUT2D eigenvalue weighted by molar-refractivity contribution is -0.128. The van der Waals surface area contributed by atoms with Crippen molar-refractivity contribution >= 4 is 17.8 Å². The SMILES string of the molecule is O=C(CCC1NC(=O)N(Cc2ccc3c(c2)OCO3)C1=O)NCCC1=CCCCC1. The van der Waals surface area contributed by atoms with Gasteiger partial charge in [0.15, 0.2) is 11.5 Å². The maximum atomic E-state index is 12.6. The van der Waals surface area contributed by atoms with Crippen LogP contribution < -0.4 is 20.1 Å². The van der Waals surface area contributed by atoms with Crippen LogP contribution in [0.15, 0.2) is 29.8 Å². The average Bonchev–Trinajstić information content (AvgIpc) is 3.32. The van der Waals surface area contributed by atoms with E-state index in [9.17, 15) is 14.4 Å². The fourth-order valence-corrected chi connectivity index (χ4v) is 4.00. The van der Waals surface area contributed by atoms with Gasteiger partial charge in [0.2, 0.25) is 12.7 Å². The first kappa shape index (κ1) is 20.3. The van der Waals surface area contributed by atoms with E-state index in [-0.39, 0.29) is 38.0 Å². The number of benzene rings is 1. The molecule has 0 saturated carbocycles. The smallest absolute Gasteiger partial charge is 0.325 e. The molecule has 8 heteroatoms. The summed E-state index contributed by atoms with van der Waals surface area (Å²) in [6, 6.07) is 4.23. The van der Waals surface area contributed by atoms with E-state index in [4.69, 9.17) is 9.47 Å². The van der Waals surface area contributed by atoms with E-state index in [0.717, 1.165) is 24.8 Å². The predicted molar refractivity (Wildman–Crippen MR) is 109 cm³/mol. The summed E-state index contributed by atoms with van der Waals surface area (Å²) in [4.78, 5) is 38.2. The maximum absolute atomic E-state index is 12.6. The number of rotatable bonds is 8. The Bertz CT molecular complexity index is 866. The fraction of sp³-hybridized carbons (Fsp3) is 0.500. The number of carbonyl (C=O) groups excluding carboxylic acids is 3. The van der Waals surface area contributed by atoms with Gasteiger partial charge in [0.05, 0.1) is 6.54 Å². The summed E-state index contributed by atoms with van der Waals surface area (Å²) in [5.41, 5.74) is 2.19. The van der Waals surface area contributed by atoms with Gasteiger partial charge in [-0.1, -0.05) is 17.7 Å². The predicted octanol–water partition coefficient (Wildman–Crippen LogP) is 2.62. The second-order valence-electron chi connectivity index (χ2n) is 7.86. The lowest BCUT2D eigenvalue weighted by atomic mass is 9.97. The molecule has 1 aromatic rings. The van der Waals surface area contributed by atoms with Crippen molar-refractivity contribution in [3.05, 3.63) is 35.4 Å². The van der Waals surface area contributed by atoms with Crippen LogP contribution in [0.5, 0.6) is 11.5 Å². The Morgan fingerprint density at radius 2 is 2.07 bits per heavy atom. The summed E-state index contributed by atoms with van der Waals surface area (Å²) in [5.74, 6) is 0.858. The Hall–Kier alpha value is -3.03. The molecule has 1 atom stereocenters. The van der Waals surface area contributed by atoms with Crippen LogP contribution in [-0.2, 0) is 16.1 Å². The Kier molecular flexibility index (Phi) is 6.21. The molecule has 4 amide bonds. The molecule has 2 heterocycles. The second kappa shape index (κ2) is 9.19. The average molecular weight is 413 g/mol.